The van der Waals surface area contributed by atoms with E-state index in [0.29, 0.717) is 31.0 Å². The lowest BCUT2D eigenvalue weighted by atomic mass is 10.1. The number of rotatable bonds is 6. The van der Waals surface area contributed by atoms with Gasteiger partial charge in [0.15, 0.2) is 0 Å². The highest BCUT2D eigenvalue weighted by Gasteiger charge is 2.34. The molecule has 1 aliphatic heterocycles. The first-order valence-corrected chi connectivity index (χ1v) is 13.4. The molecule has 0 saturated carbocycles. The standard InChI is InChI=1S/C24H26N6O2S2/c1-18-4-6-20(7-5-18)16-23-26-24(33-27-23)28-14-15-30(19(2)17-28)34(31,32)22-10-8-21(9-11-22)29-13-3-12-25-29/h3-13,19H,14-17H2,1-2H3. The van der Waals surface area contributed by atoms with Gasteiger partial charge in [0.05, 0.1) is 10.6 Å². The summed E-state index contributed by atoms with van der Waals surface area (Å²) in [5.74, 6) is 0.795. The largest absolute Gasteiger partial charge is 0.344 e. The van der Waals surface area contributed by atoms with Crippen LogP contribution in [-0.2, 0) is 16.4 Å². The summed E-state index contributed by atoms with van der Waals surface area (Å²) in [5.41, 5.74) is 3.23. The summed E-state index contributed by atoms with van der Waals surface area (Å²) in [6, 6.07) is 16.9. The van der Waals surface area contributed by atoms with Crippen molar-refractivity contribution in [2.75, 3.05) is 24.5 Å². The van der Waals surface area contributed by atoms with Gasteiger partial charge in [-0.05, 0) is 49.7 Å². The minimum atomic E-state index is -3.60. The van der Waals surface area contributed by atoms with Gasteiger partial charge in [-0.2, -0.15) is 13.8 Å². The average Bonchev–Trinajstić information content (AvgIpc) is 3.53. The highest BCUT2D eigenvalue weighted by Crippen LogP contribution is 2.26. The van der Waals surface area contributed by atoms with Crippen LogP contribution in [0.5, 0.6) is 0 Å². The molecule has 1 atom stereocenters. The summed E-state index contributed by atoms with van der Waals surface area (Å²) in [6.07, 6.45) is 4.20. The molecule has 176 valence electrons. The number of piperazine rings is 1. The predicted octanol–water partition coefficient (Wildman–Crippen LogP) is 3.52. The zero-order valence-electron chi connectivity index (χ0n) is 19.1. The Kier molecular flexibility index (Phi) is 6.20. The van der Waals surface area contributed by atoms with Crippen molar-refractivity contribution in [2.45, 2.75) is 31.2 Å². The number of benzene rings is 2. The van der Waals surface area contributed by atoms with E-state index < -0.39 is 10.0 Å². The van der Waals surface area contributed by atoms with Gasteiger partial charge in [0.25, 0.3) is 0 Å². The molecule has 0 N–H and O–H groups in total. The van der Waals surface area contributed by atoms with Crippen molar-refractivity contribution in [2.24, 2.45) is 0 Å². The summed E-state index contributed by atoms with van der Waals surface area (Å²) in [4.78, 5) is 7.15. The fraction of sp³-hybridized carbons (Fsp3) is 0.292. The van der Waals surface area contributed by atoms with E-state index in [4.69, 9.17) is 4.98 Å². The molecule has 0 amide bonds. The van der Waals surface area contributed by atoms with E-state index in [0.717, 1.165) is 16.6 Å². The van der Waals surface area contributed by atoms with E-state index in [1.165, 1.54) is 22.7 Å². The number of hydrogen-bond donors (Lipinski definition) is 0. The van der Waals surface area contributed by atoms with Gasteiger partial charge in [-0.1, -0.05) is 29.8 Å². The second kappa shape index (κ2) is 9.28. The van der Waals surface area contributed by atoms with Crippen molar-refractivity contribution in [3.05, 3.63) is 83.9 Å². The smallest absolute Gasteiger partial charge is 0.243 e. The minimum Gasteiger partial charge on any atom is -0.344 e. The maximum absolute atomic E-state index is 13.3. The molecule has 34 heavy (non-hydrogen) atoms. The Bertz CT molecular complexity index is 1350. The van der Waals surface area contributed by atoms with Crippen LogP contribution in [0.1, 0.15) is 23.9 Å². The van der Waals surface area contributed by atoms with Crippen molar-refractivity contribution in [1.82, 2.24) is 23.4 Å². The molecular formula is C24H26N6O2S2. The van der Waals surface area contributed by atoms with E-state index in [2.05, 4.69) is 45.6 Å². The van der Waals surface area contributed by atoms with Gasteiger partial charge in [0, 0.05) is 56.0 Å². The van der Waals surface area contributed by atoms with Gasteiger partial charge in [-0.25, -0.2) is 18.1 Å². The molecule has 0 spiro atoms. The quantitative estimate of drug-likeness (QED) is 0.408. The fourth-order valence-electron chi connectivity index (χ4n) is 4.13. The van der Waals surface area contributed by atoms with Gasteiger partial charge < -0.3 is 4.90 Å². The maximum atomic E-state index is 13.3. The third-order valence-electron chi connectivity index (χ3n) is 5.99. The second-order valence-electron chi connectivity index (χ2n) is 8.51. The summed E-state index contributed by atoms with van der Waals surface area (Å²) < 4.78 is 34.5. The number of hydrogen-bond acceptors (Lipinski definition) is 7. The van der Waals surface area contributed by atoms with Crippen LogP contribution >= 0.6 is 11.5 Å². The molecule has 10 heteroatoms. The molecular weight excluding hydrogens is 468 g/mol. The third kappa shape index (κ3) is 4.61. The van der Waals surface area contributed by atoms with Gasteiger partial charge in [-0.15, -0.1) is 0 Å². The van der Waals surface area contributed by atoms with Gasteiger partial charge >= 0.3 is 0 Å². The molecule has 5 rings (SSSR count). The lowest BCUT2D eigenvalue weighted by Crippen LogP contribution is -2.54. The van der Waals surface area contributed by atoms with Crippen LogP contribution in [0.3, 0.4) is 0 Å². The Labute approximate surface area is 203 Å². The van der Waals surface area contributed by atoms with Gasteiger partial charge in [0.2, 0.25) is 15.2 Å². The first-order valence-electron chi connectivity index (χ1n) is 11.2. The highest BCUT2D eigenvalue weighted by molar-refractivity contribution is 7.89. The summed E-state index contributed by atoms with van der Waals surface area (Å²) in [5, 5.41) is 5.03. The molecule has 0 aliphatic carbocycles. The number of aryl methyl sites for hydroxylation is 1. The summed E-state index contributed by atoms with van der Waals surface area (Å²) >= 11 is 1.37. The second-order valence-corrected chi connectivity index (χ2v) is 11.1. The van der Waals surface area contributed by atoms with Crippen molar-refractivity contribution in [3.8, 4) is 5.69 Å². The molecule has 1 fully saturated rings. The number of sulfonamides is 1. The van der Waals surface area contributed by atoms with E-state index in [9.17, 15) is 8.42 Å². The van der Waals surface area contributed by atoms with E-state index in [1.807, 2.05) is 19.2 Å². The SMILES string of the molecule is Cc1ccc(Cc2nsc(N3CCN(S(=O)(=O)c4ccc(-n5cccn5)cc4)C(C)C3)n2)cc1. The number of aromatic nitrogens is 4. The molecule has 2 aromatic heterocycles. The molecule has 3 heterocycles. The van der Waals surface area contributed by atoms with Crippen molar-refractivity contribution in [3.63, 3.8) is 0 Å². The Morgan fingerprint density at radius 1 is 1.06 bits per heavy atom. The Morgan fingerprint density at radius 2 is 1.82 bits per heavy atom. The fourth-order valence-corrected chi connectivity index (χ4v) is 6.47. The van der Waals surface area contributed by atoms with Crippen LogP contribution in [0.4, 0.5) is 5.13 Å². The van der Waals surface area contributed by atoms with Crippen LogP contribution in [-0.4, -0.2) is 57.5 Å². The van der Waals surface area contributed by atoms with Crippen LogP contribution < -0.4 is 4.90 Å². The molecule has 0 radical (unpaired) electrons. The Balaban J connectivity index is 1.25. The highest BCUT2D eigenvalue weighted by atomic mass is 32.2. The molecule has 4 aromatic rings. The number of nitrogens with zero attached hydrogens (tertiary/aromatic N) is 6. The molecule has 2 aromatic carbocycles. The van der Waals surface area contributed by atoms with Crippen molar-refractivity contribution < 1.29 is 8.42 Å². The predicted molar refractivity (Wildman–Crippen MR) is 133 cm³/mol. The zero-order valence-corrected chi connectivity index (χ0v) is 20.7. The first-order chi connectivity index (χ1) is 16.4. The molecule has 8 nitrogen and oxygen atoms in total. The van der Waals surface area contributed by atoms with Gasteiger partial charge in [0.1, 0.15) is 5.82 Å². The molecule has 0 bridgehead atoms. The van der Waals surface area contributed by atoms with E-state index in [1.54, 1.807) is 39.4 Å². The maximum Gasteiger partial charge on any atom is 0.243 e. The Morgan fingerprint density at radius 3 is 2.50 bits per heavy atom. The van der Waals surface area contributed by atoms with Crippen LogP contribution in [0.25, 0.3) is 5.69 Å². The lowest BCUT2D eigenvalue weighted by molar-refractivity contribution is 0.306. The first kappa shape index (κ1) is 22.7. The third-order valence-corrected chi connectivity index (χ3v) is 8.83. The van der Waals surface area contributed by atoms with E-state index >= 15 is 0 Å². The normalized spacial score (nSPS) is 17.2. The van der Waals surface area contributed by atoms with Crippen molar-refractivity contribution >= 4 is 26.7 Å². The Hall–Kier alpha value is -3.08. The average molecular weight is 495 g/mol. The van der Waals surface area contributed by atoms with Crippen LogP contribution in [0, 0.1) is 6.92 Å². The summed E-state index contributed by atoms with van der Waals surface area (Å²) in [7, 11) is -3.60. The van der Waals surface area contributed by atoms with Crippen LogP contribution in [0.2, 0.25) is 0 Å². The monoisotopic (exact) mass is 494 g/mol. The molecule has 1 saturated heterocycles. The van der Waals surface area contributed by atoms with Gasteiger partial charge in [-0.3, -0.25) is 0 Å². The zero-order chi connectivity index (χ0) is 23.7. The van der Waals surface area contributed by atoms with Crippen molar-refractivity contribution in [1.29, 1.82) is 0 Å². The minimum absolute atomic E-state index is 0.186. The van der Waals surface area contributed by atoms with Crippen LogP contribution in [0.15, 0.2) is 71.9 Å². The number of anilines is 1. The lowest BCUT2D eigenvalue weighted by Gasteiger charge is -2.38. The molecule has 1 unspecified atom stereocenters. The molecule has 1 aliphatic rings. The van der Waals surface area contributed by atoms with E-state index in [-0.39, 0.29) is 6.04 Å². The summed E-state index contributed by atoms with van der Waals surface area (Å²) in [6.45, 7) is 5.56. The topological polar surface area (TPSA) is 84.2 Å².